The van der Waals surface area contributed by atoms with Crippen molar-refractivity contribution in [2.45, 2.75) is 26.3 Å². The van der Waals surface area contributed by atoms with E-state index in [1.165, 1.54) is 11.1 Å². The van der Waals surface area contributed by atoms with E-state index in [-0.39, 0.29) is 12.7 Å². The van der Waals surface area contributed by atoms with Crippen molar-refractivity contribution < 1.29 is 14.3 Å². The number of carbonyl (C=O) groups is 1. The van der Waals surface area contributed by atoms with Gasteiger partial charge in [0, 0.05) is 24.6 Å². The summed E-state index contributed by atoms with van der Waals surface area (Å²) in [6, 6.07) is 14.2. The number of ether oxygens (including phenoxy) is 2. The van der Waals surface area contributed by atoms with Crippen LogP contribution in [0.3, 0.4) is 0 Å². The number of fused-ring (bicyclic) bond motifs is 3. The highest BCUT2D eigenvalue weighted by molar-refractivity contribution is 6.00. The number of methoxy groups -OCH3 is 1. The summed E-state index contributed by atoms with van der Waals surface area (Å²) in [5.74, 6) is 0.763. The number of para-hydroxylation sites is 1. The zero-order valence-electron chi connectivity index (χ0n) is 16.1. The molecule has 5 heteroatoms. The summed E-state index contributed by atoms with van der Waals surface area (Å²) in [4.78, 5) is 12.6. The molecule has 0 spiro atoms. The van der Waals surface area contributed by atoms with E-state index in [0.717, 1.165) is 22.2 Å². The molecule has 1 aromatic heterocycles. The standard InChI is InChI=1S/C22H24N2O3/c1-14-9-10-19(27-13-26-4)15(2)20(14)22(3)12-23-21(25)18-11-16-7-5-6-8-17(16)24(18)22/h5-11H,12-13H2,1-4H3,(H,23,25). The van der Waals surface area contributed by atoms with Gasteiger partial charge in [0.2, 0.25) is 0 Å². The number of amides is 1. The van der Waals surface area contributed by atoms with Crippen LogP contribution in [-0.4, -0.2) is 30.9 Å². The number of aromatic nitrogens is 1. The molecule has 1 amide bonds. The molecule has 0 saturated carbocycles. The lowest BCUT2D eigenvalue weighted by Gasteiger charge is -2.40. The van der Waals surface area contributed by atoms with Crippen molar-refractivity contribution in [1.29, 1.82) is 0 Å². The van der Waals surface area contributed by atoms with Gasteiger partial charge >= 0.3 is 0 Å². The van der Waals surface area contributed by atoms with E-state index in [0.29, 0.717) is 12.2 Å². The summed E-state index contributed by atoms with van der Waals surface area (Å²) in [6.07, 6.45) is 0. The van der Waals surface area contributed by atoms with Crippen molar-refractivity contribution in [2.24, 2.45) is 0 Å². The van der Waals surface area contributed by atoms with Crippen molar-refractivity contribution >= 4 is 16.8 Å². The first kappa shape index (κ1) is 17.6. The first-order valence-corrected chi connectivity index (χ1v) is 9.09. The first-order valence-electron chi connectivity index (χ1n) is 9.09. The Morgan fingerprint density at radius 3 is 2.74 bits per heavy atom. The van der Waals surface area contributed by atoms with Gasteiger partial charge in [0.15, 0.2) is 6.79 Å². The van der Waals surface area contributed by atoms with Crippen LogP contribution in [0.1, 0.15) is 34.1 Å². The van der Waals surface area contributed by atoms with Gasteiger partial charge in [-0.1, -0.05) is 24.3 Å². The van der Waals surface area contributed by atoms with Crippen LogP contribution in [0.4, 0.5) is 0 Å². The maximum atomic E-state index is 12.6. The number of nitrogens with zero attached hydrogens (tertiary/aromatic N) is 1. The largest absolute Gasteiger partial charge is 0.467 e. The average Bonchev–Trinajstić information content (AvgIpc) is 3.06. The predicted molar refractivity (Wildman–Crippen MR) is 105 cm³/mol. The number of carbonyl (C=O) groups excluding carboxylic acids is 1. The van der Waals surface area contributed by atoms with E-state index in [2.05, 4.69) is 42.8 Å². The van der Waals surface area contributed by atoms with Crippen molar-refractivity contribution in [3.05, 3.63) is 64.8 Å². The van der Waals surface area contributed by atoms with E-state index in [1.807, 2.05) is 30.3 Å². The molecule has 0 saturated heterocycles. The van der Waals surface area contributed by atoms with E-state index in [9.17, 15) is 4.79 Å². The highest BCUT2D eigenvalue weighted by Gasteiger charge is 2.40. The molecule has 1 aliphatic heterocycles. The highest BCUT2D eigenvalue weighted by Crippen LogP contribution is 2.40. The van der Waals surface area contributed by atoms with Crippen LogP contribution < -0.4 is 10.1 Å². The lowest BCUT2D eigenvalue weighted by molar-refractivity contribution is 0.0504. The molecule has 1 aliphatic rings. The molecular weight excluding hydrogens is 340 g/mol. The Kier molecular flexibility index (Phi) is 4.19. The van der Waals surface area contributed by atoms with Crippen LogP contribution >= 0.6 is 0 Å². The van der Waals surface area contributed by atoms with Gasteiger partial charge in [-0.2, -0.15) is 0 Å². The number of benzene rings is 2. The lowest BCUT2D eigenvalue weighted by atomic mass is 9.83. The summed E-state index contributed by atoms with van der Waals surface area (Å²) in [7, 11) is 1.61. The molecule has 5 nitrogen and oxygen atoms in total. The van der Waals surface area contributed by atoms with E-state index < -0.39 is 5.54 Å². The molecule has 2 aromatic carbocycles. The Bertz CT molecular complexity index is 1040. The third kappa shape index (κ3) is 2.61. The van der Waals surface area contributed by atoms with Gasteiger partial charge in [0.05, 0.1) is 5.54 Å². The fraction of sp³-hybridized carbons (Fsp3) is 0.318. The smallest absolute Gasteiger partial charge is 0.268 e. The topological polar surface area (TPSA) is 52.5 Å². The van der Waals surface area contributed by atoms with Gasteiger partial charge in [0.25, 0.3) is 5.91 Å². The summed E-state index contributed by atoms with van der Waals surface area (Å²) in [6.45, 7) is 7.08. The molecule has 27 heavy (non-hydrogen) atoms. The summed E-state index contributed by atoms with van der Waals surface area (Å²) < 4.78 is 13.0. The summed E-state index contributed by atoms with van der Waals surface area (Å²) >= 11 is 0. The number of aryl methyl sites for hydroxylation is 1. The summed E-state index contributed by atoms with van der Waals surface area (Å²) in [5.41, 5.74) is 4.72. The molecule has 0 fully saturated rings. The monoisotopic (exact) mass is 364 g/mol. The van der Waals surface area contributed by atoms with Gasteiger partial charge in [-0.05, 0) is 55.7 Å². The van der Waals surface area contributed by atoms with Crippen LogP contribution in [0.15, 0.2) is 42.5 Å². The molecule has 140 valence electrons. The zero-order chi connectivity index (χ0) is 19.2. The van der Waals surface area contributed by atoms with Gasteiger partial charge in [-0.25, -0.2) is 0 Å². The molecule has 1 N–H and O–H groups in total. The van der Waals surface area contributed by atoms with Gasteiger partial charge in [0.1, 0.15) is 11.4 Å². The van der Waals surface area contributed by atoms with Crippen LogP contribution in [0, 0.1) is 13.8 Å². The normalized spacial score (nSPS) is 19.0. The second kappa shape index (κ2) is 6.43. The number of nitrogens with one attached hydrogen (secondary N) is 1. The minimum absolute atomic E-state index is 0.0363. The fourth-order valence-corrected chi connectivity index (χ4v) is 4.41. The third-order valence-electron chi connectivity index (χ3n) is 5.52. The Balaban J connectivity index is 1.98. The van der Waals surface area contributed by atoms with Gasteiger partial charge in [-0.3, -0.25) is 4.79 Å². The van der Waals surface area contributed by atoms with Crippen molar-refractivity contribution in [3.8, 4) is 5.75 Å². The zero-order valence-corrected chi connectivity index (χ0v) is 16.1. The summed E-state index contributed by atoms with van der Waals surface area (Å²) in [5, 5.41) is 4.15. The van der Waals surface area contributed by atoms with Crippen LogP contribution in [-0.2, 0) is 10.3 Å². The second-order valence-electron chi connectivity index (χ2n) is 7.31. The van der Waals surface area contributed by atoms with Crippen LogP contribution in [0.25, 0.3) is 10.9 Å². The van der Waals surface area contributed by atoms with Crippen molar-refractivity contribution in [1.82, 2.24) is 9.88 Å². The molecule has 1 unspecified atom stereocenters. The molecule has 0 radical (unpaired) electrons. The molecule has 4 rings (SSSR count). The van der Waals surface area contributed by atoms with Crippen LogP contribution in [0.5, 0.6) is 5.75 Å². The van der Waals surface area contributed by atoms with E-state index >= 15 is 0 Å². The quantitative estimate of drug-likeness (QED) is 0.718. The number of hydrogen-bond donors (Lipinski definition) is 1. The third-order valence-corrected chi connectivity index (χ3v) is 5.52. The maximum Gasteiger partial charge on any atom is 0.268 e. The predicted octanol–water partition coefficient (Wildman–Crippen LogP) is 3.75. The van der Waals surface area contributed by atoms with Crippen molar-refractivity contribution in [3.63, 3.8) is 0 Å². The highest BCUT2D eigenvalue weighted by atomic mass is 16.7. The molecule has 1 atom stereocenters. The van der Waals surface area contributed by atoms with Crippen molar-refractivity contribution in [2.75, 3.05) is 20.4 Å². The van der Waals surface area contributed by atoms with Crippen LogP contribution in [0.2, 0.25) is 0 Å². The number of hydrogen-bond acceptors (Lipinski definition) is 3. The number of rotatable bonds is 4. The molecule has 0 aliphatic carbocycles. The SMILES string of the molecule is COCOc1ccc(C)c(C2(C)CNC(=O)c3cc4ccccc4n32)c1C. The minimum Gasteiger partial charge on any atom is -0.467 e. The lowest BCUT2D eigenvalue weighted by Crippen LogP contribution is -2.51. The van der Waals surface area contributed by atoms with E-state index in [1.54, 1.807) is 7.11 Å². The second-order valence-corrected chi connectivity index (χ2v) is 7.31. The van der Waals surface area contributed by atoms with Gasteiger partial charge < -0.3 is 19.4 Å². The van der Waals surface area contributed by atoms with E-state index in [4.69, 9.17) is 9.47 Å². The molecule has 3 aromatic rings. The maximum absolute atomic E-state index is 12.6. The fourth-order valence-electron chi connectivity index (χ4n) is 4.41. The van der Waals surface area contributed by atoms with Gasteiger partial charge in [-0.15, -0.1) is 0 Å². The Morgan fingerprint density at radius 2 is 1.96 bits per heavy atom. The average molecular weight is 364 g/mol. The first-order chi connectivity index (χ1) is 13.0. The Morgan fingerprint density at radius 1 is 1.19 bits per heavy atom. The molecule has 0 bridgehead atoms. The minimum atomic E-state index is -0.424. The Hall–Kier alpha value is -2.79. The molecular formula is C22H24N2O3. The molecule has 2 heterocycles. The Labute approximate surface area is 158 Å².